The fourth-order valence-corrected chi connectivity index (χ4v) is 6.32. The molecule has 0 aliphatic rings. The van der Waals surface area contributed by atoms with E-state index in [0.717, 1.165) is 25.4 Å². The van der Waals surface area contributed by atoms with Crippen molar-refractivity contribution in [1.29, 1.82) is 0 Å². The van der Waals surface area contributed by atoms with Gasteiger partial charge in [0.25, 0.3) is 6.72 Å². The standard InChI is InChI=1S/C10H27N2O3PS/c1-6-12(7-2)9-10-17(11(4)5)16(13,14)15-8-3/h13-14H,6-10H2,1-5H3. The first-order valence-corrected chi connectivity index (χ1v) is 9.56. The first-order chi connectivity index (χ1) is 7.88. The van der Waals surface area contributed by atoms with E-state index in [9.17, 15) is 9.79 Å². The normalized spacial score (nSPS) is 14.6. The highest BCUT2D eigenvalue weighted by atomic mass is 32.5. The van der Waals surface area contributed by atoms with Crippen LogP contribution in [0.15, 0.2) is 0 Å². The molecule has 17 heavy (non-hydrogen) atoms. The monoisotopic (exact) mass is 286 g/mol. The molecular weight excluding hydrogens is 259 g/mol. The Morgan fingerprint density at radius 2 is 1.65 bits per heavy atom. The summed E-state index contributed by atoms with van der Waals surface area (Å²) >= 11 is 0. The zero-order valence-electron chi connectivity index (χ0n) is 11.6. The van der Waals surface area contributed by atoms with Crippen molar-refractivity contribution in [2.45, 2.75) is 20.8 Å². The Labute approximate surface area is 108 Å². The molecular formula is C10H27N2O3PS. The second-order valence-corrected chi connectivity index (χ2v) is 9.54. The van der Waals surface area contributed by atoms with Crippen LogP contribution in [0.4, 0.5) is 0 Å². The van der Waals surface area contributed by atoms with Gasteiger partial charge < -0.3 is 19.2 Å². The molecule has 0 aromatic heterocycles. The van der Waals surface area contributed by atoms with Crippen LogP contribution in [0.2, 0.25) is 0 Å². The van der Waals surface area contributed by atoms with Crippen molar-refractivity contribution >= 4 is 17.0 Å². The predicted octanol–water partition coefficient (Wildman–Crippen LogP) is 1.12. The highest BCUT2D eigenvalue weighted by Gasteiger charge is 2.19. The fourth-order valence-electron chi connectivity index (χ4n) is 1.49. The first-order valence-electron chi connectivity index (χ1n) is 5.99. The molecule has 0 aliphatic carbocycles. The number of hydrogen-bond donors (Lipinski definition) is 2. The van der Waals surface area contributed by atoms with Gasteiger partial charge in [0.05, 0.1) is 6.61 Å². The molecule has 0 spiro atoms. The van der Waals surface area contributed by atoms with Gasteiger partial charge in [-0.05, 0) is 44.4 Å². The summed E-state index contributed by atoms with van der Waals surface area (Å²) in [6.45, 7) is 5.91. The molecule has 0 saturated carbocycles. The smallest absolute Gasteiger partial charge is 0.293 e. The van der Waals surface area contributed by atoms with E-state index in [1.54, 1.807) is 6.92 Å². The molecule has 5 nitrogen and oxygen atoms in total. The molecule has 106 valence electrons. The Bertz CT molecular complexity index is 264. The second kappa shape index (κ2) is 8.64. The molecule has 7 heteroatoms. The summed E-state index contributed by atoms with van der Waals surface area (Å²) in [5, 5.41) is 0. The van der Waals surface area contributed by atoms with Crippen molar-refractivity contribution in [3.8, 4) is 0 Å². The molecule has 0 rings (SSSR count). The summed E-state index contributed by atoms with van der Waals surface area (Å²) in [5.74, 6) is 0.732. The van der Waals surface area contributed by atoms with Crippen LogP contribution in [0.3, 0.4) is 0 Å². The Morgan fingerprint density at radius 3 is 2.00 bits per heavy atom. The van der Waals surface area contributed by atoms with Crippen molar-refractivity contribution in [2.75, 3.05) is 46.1 Å². The number of hydrogen-bond acceptors (Lipinski definition) is 2. The van der Waals surface area contributed by atoms with Gasteiger partial charge in [-0.2, -0.15) is 0 Å². The van der Waals surface area contributed by atoms with E-state index in [1.807, 2.05) is 18.4 Å². The summed E-state index contributed by atoms with van der Waals surface area (Å²) in [6, 6.07) is 0. The SMILES string of the molecule is CCOP(O)(O)=S(CCN(CC)CC)N(C)C. The van der Waals surface area contributed by atoms with Crippen molar-refractivity contribution in [3.63, 3.8) is 0 Å². The van der Waals surface area contributed by atoms with E-state index in [-0.39, 0.29) is 0 Å². The largest absolute Gasteiger partial charge is 0.328 e. The van der Waals surface area contributed by atoms with E-state index in [1.165, 1.54) is 0 Å². The van der Waals surface area contributed by atoms with Gasteiger partial charge in [0.2, 0.25) is 0 Å². The first kappa shape index (κ1) is 17.6. The maximum absolute atomic E-state index is 10.00. The van der Waals surface area contributed by atoms with E-state index in [2.05, 4.69) is 18.7 Å². The van der Waals surface area contributed by atoms with Crippen LogP contribution in [-0.4, -0.2) is 65.1 Å². The predicted molar refractivity (Wildman–Crippen MR) is 76.7 cm³/mol. The maximum atomic E-state index is 10.00. The lowest BCUT2D eigenvalue weighted by Gasteiger charge is -2.26. The van der Waals surface area contributed by atoms with Gasteiger partial charge in [-0.15, -0.1) is 0 Å². The Morgan fingerprint density at radius 1 is 1.12 bits per heavy atom. The third-order valence-electron chi connectivity index (χ3n) is 2.48. The average Bonchev–Trinajstić information content (AvgIpc) is 2.23. The molecule has 0 bridgehead atoms. The fraction of sp³-hybridized carbons (Fsp3) is 1.00. The van der Waals surface area contributed by atoms with E-state index < -0.39 is 17.0 Å². The molecule has 0 aromatic rings. The summed E-state index contributed by atoms with van der Waals surface area (Å²) in [6.07, 6.45) is 0. The van der Waals surface area contributed by atoms with Crippen LogP contribution in [0.25, 0.3) is 0 Å². The lowest BCUT2D eigenvalue weighted by atomic mass is 10.5. The second-order valence-electron chi connectivity index (χ2n) is 3.79. The molecule has 0 radical (unpaired) electrons. The van der Waals surface area contributed by atoms with E-state index in [4.69, 9.17) is 4.52 Å². The third kappa shape index (κ3) is 6.34. The van der Waals surface area contributed by atoms with Gasteiger partial charge in [-0.1, -0.05) is 13.8 Å². The van der Waals surface area contributed by atoms with Crippen LogP contribution in [0.5, 0.6) is 0 Å². The topological polar surface area (TPSA) is 56.2 Å². The molecule has 0 aliphatic heterocycles. The van der Waals surface area contributed by atoms with Crippen LogP contribution in [-0.2, 0) is 14.8 Å². The van der Waals surface area contributed by atoms with Gasteiger partial charge in [-0.25, -0.2) is 0 Å². The van der Waals surface area contributed by atoms with Crippen molar-refractivity contribution in [2.24, 2.45) is 0 Å². The molecule has 1 unspecified atom stereocenters. The lowest BCUT2D eigenvalue weighted by molar-refractivity contribution is 0.264. The van der Waals surface area contributed by atoms with Crippen LogP contribution in [0.1, 0.15) is 20.8 Å². The van der Waals surface area contributed by atoms with Crippen LogP contribution in [0, 0.1) is 0 Å². The van der Waals surface area contributed by atoms with Crippen LogP contribution >= 0.6 is 6.72 Å². The molecule has 0 saturated heterocycles. The quantitative estimate of drug-likeness (QED) is 0.655. The van der Waals surface area contributed by atoms with Gasteiger partial charge >= 0.3 is 0 Å². The molecule has 0 heterocycles. The third-order valence-corrected chi connectivity index (χ3v) is 8.50. The lowest BCUT2D eigenvalue weighted by Crippen LogP contribution is -2.31. The molecule has 0 amide bonds. The highest BCUT2D eigenvalue weighted by Crippen LogP contribution is 2.43. The molecule has 2 N–H and O–H groups in total. The highest BCUT2D eigenvalue weighted by molar-refractivity contribution is 8.26. The zero-order valence-corrected chi connectivity index (χ0v) is 13.3. The van der Waals surface area contributed by atoms with Crippen molar-refractivity contribution in [3.05, 3.63) is 0 Å². The summed E-state index contributed by atoms with van der Waals surface area (Å²) in [5.41, 5.74) is 0. The van der Waals surface area contributed by atoms with Gasteiger partial charge in [0.15, 0.2) is 0 Å². The summed E-state index contributed by atoms with van der Waals surface area (Å²) in [4.78, 5) is 22.3. The molecule has 1 atom stereocenters. The molecule has 0 fully saturated rings. The summed E-state index contributed by atoms with van der Waals surface area (Å²) < 4.78 is 6.99. The van der Waals surface area contributed by atoms with Gasteiger partial charge in [0, 0.05) is 12.3 Å². The van der Waals surface area contributed by atoms with Crippen molar-refractivity contribution in [1.82, 2.24) is 9.21 Å². The van der Waals surface area contributed by atoms with E-state index >= 15 is 0 Å². The van der Waals surface area contributed by atoms with Gasteiger partial charge in [0.1, 0.15) is 0 Å². The van der Waals surface area contributed by atoms with Crippen molar-refractivity contribution < 1.29 is 14.3 Å². The Balaban J connectivity index is 4.76. The minimum atomic E-state index is -3.26. The Hall–Kier alpha value is 0.580. The Kier molecular flexibility index (Phi) is 8.94. The average molecular weight is 286 g/mol. The number of rotatable bonds is 8. The molecule has 0 aromatic carbocycles. The number of nitrogens with zero attached hydrogens (tertiary/aromatic N) is 2. The van der Waals surface area contributed by atoms with Crippen LogP contribution < -0.4 is 0 Å². The zero-order chi connectivity index (χ0) is 13.5. The van der Waals surface area contributed by atoms with E-state index in [0.29, 0.717) is 6.61 Å². The maximum Gasteiger partial charge on any atom is 0.293 e. The minimum absolute atomic E-state index is 0.337. The summed E-state index contributed by atoms with van der Waals surface area (Å²) in [7, 11) is 3.11. The van der Waals surface area contributed by atoms with Gasteiger partial charge in [-0.3, -0.25) is 4.31 Å². The minimum Gasteiger partial charge on any atom is -0.328 e.